The molecule has 2 N–H and O–H groups in total. The molecule has 1 aromatic heterocycles. The van der Waals surface area contributed by atoms with Crippen molar-refractivity contribution in [2.24, 2.45) is 0 Å². The van der Waals surface area contributed by atoms with Crippen LogP contribution in [0.5, 0.6) is 0 Å². The average molecular weight is 438 g/mol. The lowest BCUT2D eigenvalue weighted by molar-refractivity contribution is -0.124. The van der Waals surface area contributed by atoms with E-state index in [1.165, 1.54) is 17.4 Å². The van der Waals surface area contributed by atoms with E-state index in [4.69, 9.17) is 0 Å². The standard InChI is InChI=1S/C20H25F2N5O2S/c1-13(2)23-18(28)10-26-5-7-27(8-6-26)11-19(29)25-20-24-17(12-30-20)14-3-4-15(21)16(22)9-14/h3-4,9,12-13H,5-8,10-11H2,1-2H3,(H,23,28)(H,24,25,29). The number of nitrogens with zero attached hydrogens (tertiary/aromatic N) is 3. The maximum absolute atomic E-state index is 13.4. The van der Waals surface area contributed by atoms with Crippen molar-refractivity contribution in [1.29, 1.82) is 0 Å². The molecule has 1 fully saturated rings. The third-order valence-electron chi connectivity index (χ3n) is 4.61. The van der Waals surface area contributed by atoms with E-state index in [0.29, 0.717) is 36.0 Å². The minimum absolute atomic E-state index is 0.0109. The van der Waals surface area contributed by atoms with E-state index >= 15 is 0 Å². The number of carbonyl (C=O) groups is 2. The monoisotopic (exact) mass is 437 g/mol. The van der Waals surface area contributed by atoms with Gasteiger partial charge in [0.1, 0.15) is 0 Å². The molecule has 1 aliphatic heterocycles. The van der Waals surface area contributed by atoms with Gasteiger partial charge in [0.05, 0.1) is 18.8 Å². The summed E-state index contributed by atoms with van der Waals surface area (Å²) in [7, 11) is 0. The Bertz CT molecular complexity index is 897. The number of thiazole rings is 1. The maximum Gasteiger partial charge on any atom is 0.240 e. The van der Waals surface area contributed by atoms with Crippen LogP contribution in [0.25, 0.3) is 11.3 Å². The third kappa shape index (κ3) is 6.28. The normalized spacial score (nSPS) is 15.4. The van der Waals surface area contributed by atoms with Crippen LogP contribution in [0.15, 0.2) is 23.6 Å². The Balaban J connectivity index is 1.45. The van der Waals surface area contributed by atoms with Gasteiger partial charge >= 0.3 is 0 Å². The highest BCUT2D eigenvalue weighted by atomic mass is 32.1. The number of nitrogens with one attached hydrogen (secondary N) is 2. The van der Waals surface area contributed by atoms with Crippen molar-refractivity contribution in [3.8, 4) is 11.3 Å². The van der Waals surface area contributed by atoms with E-state index in [-0.39, 0.29) is 24.4 Å². The second-order valence-corrected chi connectivity index (χ2v) is 8.35. The predicted octanol–water partition coefficient (Wildman–Crippen LogP) is 2.17. The van der Waals surface area contributed by atoms with Crippen LogP contribution in [-0.4, -0.2) is 71.9 Å². The van der Waals surface area contributed by atoms with Gasteiger partial charge in [0, 0.05) is 43.2 Å². The zero-order chi connectivity index (χ0) is 21.7. The lowest BCUT2D eigenvalue weighted by atomic mass is 10.2. The Morgan fingerprint density at radius 1 is 1.07 bits per heavy atom. The van der Waals surface area contributed by atoms with Crippen molar-refractivity contribution in [1.82, 2.24) is 20.1 Å². The molecule has 2 heterocycles. The zero-order valence-corrected chi connectivity index (χ0v) is 17.8. The van der Waals surface area contributed by atoms with Crippen LogP contribution >= 0.6 is 11.3 Å². The molecule has 0 saturated carbocycles. The van der Waals surface area contributed by atoms with Crippen LogP contribution in [0.4, 0.5) is 13.9 Å². The highest BCUT2D eigenvalue weighted by Crippen LogP contribution is 2.26. The third-order valence-corrected chi connectivity index (χ3v) is 5.37. The number of hydrogen-bond acceptors (Lipinski definition) is 6. The molecule has 2 amide bonds. The first-order valence-corrected chi connectivity index (χ1v) is 10.6. The first-order valence-electron chi connectivity index (χ1n) is 9.75. The van der Waals surface area contributed by atoms with Crippen LogP contribution in [0, 0.1) is 11.6 Å². The van der Waals surface area contributed by atoms with Gasteiger partial charge in [0.15, 0.2) is 16.8 Å². The van der Waals surface area contributed by atoms with Gasteiger partial charge in [-0.3, -0.25) is 19.4 Å². The molecule has 1 aliphatic rings. The number of rotatable bonds is 7. The summed E-state index contributed by atoms with van der Waals surface area (Å²) in [6, 6.07) is 3.70. The summed E-state index contributed by atoms with van der Waals surface area (Å²) in [4.78, 5) is 32.6. The largest absolute Gasteiger partial charge is 0.353 e. The SMILES string of the molecule is CC(C)NC(=O)CN1CCN(CC(=O)Nc2nc(-c3ccc(F)c(F)c3)cs2)CC1. The van der Waals surface area contributed by atoms with E-state index in [2.05, 4.69) is 20.5 Å². The van der Waals surface area contributed by atoms with Gasteiger partial charge in [-0.05, 0) is 32.0 Å². The highest BCUT2D eigenvalue weighted by Gasteiger charge is 2.21. The number of halogens is 2. The molecule has 10 heteroatoms. The van der Waals surface area contributed by atoms with Gasteiger partial charge in [-0.2, -0.15) is 0 Å². The van der Waals surface area contributed by atoms with Gasteiger partial charge in [0.2, 0.25) is 11.8 Å². The first kappa shape index (κ1) is 22.3. The summed E-state index contributed by atoms with van der Waals surface area (Å²) in [5.41, 5.74) is 0.922. The number of carbonyl (C=O) groups excluding carboxylic acids is 2. The molecule has 1 saturated heterocycles. The highest BCUT2D eigenvalue weighted by molar-refractivity contribution is 7.14. The Labute approximate surface area is 178 Å². The smallest absolute Gasteiger partial charge is 0.240 e. The Morgan fingerprint density at radius 3 is 2.30 bits per heavy atom. The van der Waals surface area contributed by atoms with E-state index in [1.54, 1.807) is 5.38 Å². The zero-order valence-electron chi connectivity index (χ0n) is 17.0. The topological polar surface area (TPSA) is 77.6 Å². The van der Waals surface area contributed by atoms with Crippen molar-refractivity contribution in [2.75, 3.05) is 44.6 Å². The molecular formula is C20H25F2N5O2S. The van der Waals surface area contributed by atoms with Crippen molar-refractivity contribution in [3.05, 3.63) is 35.2 Å². The molecule has 0 radical (unpaired) electrons. The lowest BCUT2D eigenvalue weighted by Crippen LogP contribution is -2.51. The average Bonchev–Trinajstić information content (AvgIpc) is 3.13. The summed E-state index contributed by atoms with van der Waals surface area (Å²) in [6.45, 7) is 7.28. The van der Waals surface area contributed by atoms with Crippen molar-refractivity contribution in [2.45, 2.75) is 19.9 Å². The van der Waals surface area contributed by atoms with Gasteiger partial charge in [-0.25, -0.2) is 13.8 Å². The summed E-state index contributed by atoms with van der Waals surface area (Å²) in [5.74, 6) is -2.03. The second-order valence-electron chi connectivity index (χ2n) is 7.49. The molecule has 0 unspecified atom stereocenters. The fourth-order valence-corrected chi connectivity index (χ4v) is 3.89. The molecule has 0 spiro atoms. The minimum atomic E-state index is -0.938. The molecule has 0 aliphatic carbocycles. The van der Waals surface area contributed by atoms with Gasteiger partial charge in [-0.15, -0.1) is 11.3 Å². The molecule has 30 heavy (non-hydrogen) atoms. The summed E-state index contributed by atoms with van der Waals surface area (Å²) in [5, 5.41) is 7.72. The number of benzene rings is 1. The molecule has 7 nitrogen and oxygen atoms in total. The van der Waals surface area contributed by atoms with E-state index < -0.39 is 11.6 Å². The van der Waals surface area contributed by atoms with Crippen LogP contribution in [0.2, 0.25) is 0 Å². The number of aromatic nitrogens is 1. The summed E-state index contributed by atoms with van der Waals surface area (Å²) >= 11 is 1.23. The van der Waals surface area contributed by atoms with Crippen LogP contribution in [0.1, 0.15) is 13.8 Å². The second kappa shape index (κ2) is 10.1. The number of piperazine rings is 1. The lowest BCUT2D eigenvalue weighted by Gasteiger charge is -2.33. The molecular weight excluding hydrogens is 412 g/mol. The Hall–Kier alpha value is -2.43. The molecule has 1 aromatic carbocycles. The maximum atomic E-state index is 13.4. The van der Waals surface area contributed by atoms with Gasteiger partial charge in [-0.1, -0.05) is 0 Å². The number of hydrogen-bond donors (Lipinski definition) is 2. The molecule has 0 bridgehead atoms. The minimum Gasteiger partial charge on any atom is -0.353 e. The van der Waals surface area contributed by atoms with Crippen LogP contribution in [-0.2, 0) is 9.59 Å². The quantitative estimate of drug-likeness (QED) is 0.694. The number of anilines is 1. The van der Waals surface area contributed by atoms with Crippen molar-refractivity contribution >= 4 is 28.3 Å². The molecule has 0 atom stereocenters. The van der Waals surface area contributed by atoms with Crippen molar-refractivity contribution < 1.29 is 18.4 Å². The number of amides is 2. The molecule has 2 aromatic rings. The Morgan fingerprint density at radius 2 is 1.70 bits per heavy atom. The fourth-order valence-electron chi connectivity index (χ4n) is 3.16. The van der Waals surface area contributed by atoms with Crippen LogP contribution < -0.4 is 10.6 Å². The van der Waals surface area contributed by atoms with E-state index in [1.807, 2.05) is 18.7 Å². The van der Waals surface area contributed by atoms with Gasteiger partial charge < -0.3 is 10.6 Å². The van der Waals surface area contributed by atoms with E-state index in [9.17, 15) is 18.4 Å². The first-order chi connectivity index (χ1) is 14.3. The Kier molecular flexibility index (Phi) is 7.46. The van der Waals surface area contributed by atoms with Crippen LogP contribution in [0.3, 0.4) is 0 Å². The predicted molar refractivity (Wildman–Crippen MR) is 112 cm³/mol. The summed E-state index contributed by atoms with van der Waals surface area (Å²) < 4.78 is 26.5. The molecule has 3 rings (SSSR count). The fraction of sp³-hybridized carbons (Fsp3) is 0.450. The van der Waals surface area contributed by atoms with E-state index in [0.717, 1.165) is 25.2 Å². The molecule has 162 valence electrons. The van der Waals surface area contributed by atoms with Crippen molar-refractivity contribution in [3.63, 3.8) is 0 Å². The summed E-state index contributed by atoms with van der Waals surface area (Å²) in [6.07, 6.45) is 0. The van der Waals surface area contributed by atoms with Gasteiger partial charge in [0.25, 0.3) is 0 Å².